The number of Topliss-reactive ketones (excluding diaryl/α,β-unsaturated/α-hetero) is 1. The van der Waals surface area contributed by atoms with Crippen molar-refractivity contribution in [2.45, 2.75) is 82.3 Å². The number of carbonyl (C=O) groups is 3. The highest BCUT2D eigenvalue weighted by atomic mass is 16.8. The van der Waals surface area contributed by atoms with E-state index in [9.17, 15) is 34.8 Å². The number of esters is 1. The van der Waals surface area contributed by atoms with Crippen molar-refractivity contribution in [3.8, 4) is 0 Å². The molecule has 4 N–H and O–H groups in total. The Bertz CT molecular complexity index is 1260. The Hall–Kier alpha value is -2.83. The summed E-state index contributed by atoms with van der Waals surface area (Å²) in [5, 5.41) is 46.8. The van der Waals surface area contributed by atoms with Crippen molar-refractivity contribution >= 4 is 17.9 Å². The van der Waals surface area contributed by atoms with Gasteiger partial charge < -0.3 is 39.4 Å². The molecule has 0 aromatic heterocycles. The molecule has 3 fully saturated rings. The molecule has 4 aliphatic rings. The lowest BCUT2D eigenvalue weighted by atomic mass is 9.44. The van der Waals surface area contributed by atoms with Gasteiger partial charge in [0.05, 0.1) is 42.8 Å². The van der Waals surface area contributed by atoms with Crippen LogP contribution in [0.1, 0.15) is 50.9 Å². The molecule has 11 nitrogen and oxygen atoms in total. The molecule has 8 unspecified atom stereocenters. The minimum Gasteiger partial charge on any atom is -0.455 e. The van der Waals surface area contributed by atoms with E-state index in [1.165, 1.54) is 19.1 Å². The Kier molecular flexibility index (Phi) is 6.71. The second-order valence-corrected chi connectivity index (χ2v) is 12.1. The van der Waals surface area contributed by atoms with Crippen LogP contribution in [0.25, 0.3) is 0 Å². The van der Waals surface area contributed by atoms with Crippen LogP contribution in [0, 0.1) is 16.7 Å². The van der Waals surface area contributed by atoms with Crippen LogP contribution >= 0.6 is 0 Å². The highest BCUT2D eigenvalue weighted by Gasteiger charge is 2.78. The fourth-order valence-electron chi connectivity index (χ4n) is 7.59. The normalized spacial score (nSPS) is 41.9. The van der Waals surface area contributed by atoms with E-state index in [1.807, 2.05) is 0 Å². The molecule has 40 heavy (non-hydrogen) atoms. The lowest BCUT2D eigenvalue weighted by molar-refractivity contribution is -0.344. The van der Waals surface area contributed by atoms with Gasteiger partial charge in [-0.3, -0.25) is 4.79 Å². The van der Waals surface area contributed by atoms with Crippen molar-refractivity contribution in [1.29, 1.82) is 0 Å². The maximum Gasteiger partial charge on any atom is 0.508 e. The van der Waals surface area contributed by atoms with Gasteiger partial charge in [0.1, 0.15) is 23.9 Å². The van der Waals surface area contributed by atoms with Gasteiger partial charge in [0.15, 0.2) is 11.4 Å². The van der Waals surface area contributed by atoms with Crippen LogP contribution in [0.4, 0.5) is 4.79 Å². The number of carbonyl (C=O) groups excluding carboxylic acids is 3. The average Bonchev–Trinajstić information content (AvgIpc) is 2.91. The Morgan fingerprint density at radius 3 is 2.30 bits per heavy atom. The summed E-state index contributed by atoms with van der Waals surface area (Å²) in [6, 6.07) is 8.02. The third-order valence-corrected chi connectivity index (χ3v) is 10.1. The van der Waals surface area contributed by atoms with Gasteiger partial charge in [-0.05, 0) is 37.1 Å². The molecular weight excluding hydrogens is 524 g/mol. The highest BCUT2D eigenvalue weighted by Crippen LogP contribution is 2.63. The summed E-state index contributed by atoms with van der Waals surface area (Å²) in [7, 11) is 1.11. The largest absolute Gasteiger partial charge is 0.508 e. The van der Waals surface area contributed by atoms with Crippen LogP contribution in [-0.2, 0) is 23.7 Å². The summed E-state index contributed by atoms with van der Waals surface area (Å²) in [5.74, 6) is -3.06. The van der Waals surface area contributed by atoms with Crippen LogP contribution in [-0.4, -0.2) is 93.8 Å². The van der Waals surface area contributed by atoms with Crippen LogP contribution in [0.15, 0.2) is 41.5 Å². The first-order valence-electron chi connectivity index (χ1n) is 13.3. The summed E-state index contributed by atoms with van der Waals surface area (Å²) in [6.07, 6.45) is -8.67. The summed E-state index contributed by atoms with van der Waals surface area (Å²) >= 11 is 0. The van der Waals surface area contributed by atoms with E-state index in [0.717, 1.165) is 7.11 Å². The second kappa shape index (κ2) is 9.35. The first kappa shape index (κ1) is 28.7. The number of aliphatic hydroxyl groups excluding tert-OH is 3. The second-order valence-electron chi connectivity index (χ2n) is 12.1. The fourth-order valence-corrected chi connectivity index (χ4v) is 7.59. The van der Waals surface area contributed by atoms with Crippen LogP contribution < -0.4 is 0 Å². The van der Waals surface area contributed by atoms with Crippen LogP contribution in [0.5, 0.6) is 0 Å². The van der Waals surface area contributed by atoms with Gasteiger partial charge in [-0.1, -0.05) is 32.0 Å². The average molecular weight is 561 g/mol. The quantitative estimate of drug-likeness (QED) is 0.311. The summed E-state index contributed by atoms with van der Waals surface area (Å²) < 4.78 is 22.4. The highest BCUT2D eigenvalue weighted by molar-refractivity contribution is 5.94. The number of hydrogen-bond donors (Lipinski definition) is 4. The molecule has 0 amide bonds. The van der Waals surface area contributed by atoms with Gasteiger partial charge in [0, 0.05) is 18.3 Å². The third kappa shape index (κ3) is 3.64. The zero-order valence-electron chi connectivity index (χ0n) is 23.1. The van der Waals surface area contributed by atoms with Gasteiger partial charge in [-0.15, -0.1) is 0 Å². The molecule has 9 atom stereocenters. The lowest BCUT2D eigenvalue weighted by Crippen LogP contribution is -2.81. The van der Waals surface area contributed by atoms with E-state index >= 15 is 0 Å². The van der Waals surface area contributed by atoms with Crippen molar-refractivity contribution in [1.82, 2.24) is 0 Å². The minimum atomic E-state index is -2.11. The Morgan fingerprint density at radius 1 is 1.07 bits per heavy atom. The van der Waals surface area contributed by atoms with Crippen molar-refractivity contribution in [3.05, 3.63) is 47.0 Å². The van der Waals surface area contributed by atoms with Gasteiger partial charge >= 0.3 is 12.1 Å². The van der Waals surface area contributed by atoms with E-state index in [0.29, 0.717) is 5.57 Å². The number of rotatable bonds is 3. The minimum absolute atomic E-state index is 0.0845. The molecule has 3 aliphatic carbocycles. The number of fused-ring (bicyclic) bond motifs is 5. The fraction of sp³-hybridized carbons (Fsp3) is 0.621. The first-order valence-corrected chi connectivity index (χ1v) is 13.3. The van der Waals surface area contributed by atoms with Crippen LogP contribution in [0.2, 0.25) is 0 Å². The molecular formula is C29H36O11. The molecule has 0 spiro atoms. The molecule has 1 aliphatic heterocycles. The Balaban J connectivity index is 1.81. The van der Waals surface area contributed by atoms with Gasteiger partial charge in [0.25, 0.3) is 0 Å². The van der Waals surface area contributed by atoms with Crippen molar-refractivity contribution in [3.63, 3.8) is 0 Å². The maximum atomic E-state index is 14.3. The Morgan fingerprint density at radius 2 is 1.73 bits per heavy atom. The zero-order valence-corrected chi connectivity index (χ0v) is 23.1. The molecule has 11 heteroatoms. The summed E-state index contributed by atoms with van der Waals surface area (Å²) in [5.41, 5.74) is -6.56. The lowest BCUT2D eigenvalue weighted by Gasteiger charge is -2.67. The van der Waals surface area contributed by atoms with Crippen molar-refractivity contribution in [2.24, 2.45) is 16.7 Å². The SMILES string of the molecule is COC(=O)OC12COC1CC(O)C1(C)C(=O)C(O)C3=C(C)C(O)CC(O)([C@@H](OC(=O)c4ccccc4)C21)C3(C)C. The Labute approximate surface area is 231 Å². The molecule has 1 saturated heterocycles. The molecule has 1 aromatic carbocycles. The monoisotopic (exact) mass is 560 g/mol. The van der Waals surface area contributed by atoms with E-state index in [4.69, 9.17) is 18.9 Å². The molecule has 2 bridgehead atoms. The van der Waals surface area contributed by atoms with E-state index in [-0.39, 0.29) is 30.6 Å². The first-order chi connectivity index (χ1) is 18.7. The van der Waals surface area contributed by atoms with Gasteiger partial charge in [-0.25, -0.2) is 9.59 Å². The molecule has 218 valence electrons. The molecule has 1 heterocycles. The molecule has 1 aromatic rings. The number of benzene rings is 1. The summed E-state index contributed by atoms with van der Waals surface area (Å²) in [6.45, 7) is 5.94. The predicted molar refractivity (Wildman–Crippen MR) is 137 cm³/mol. The predicted octanol–water partition coefficient (Wildman–Crippen LogP) is 1.30. The number of ketones is 1. The van der Waals surface area contributed by atoms with E-state index in [1.54, 1.807) is 39.0 Å². The summed E-state index contributed by atoms with van der Waals surface area (Å²) in [4.78, 5) is 40.5. The standard InChI is InChI=1S/C29H36O11/c1-14-16(30)12-29(36)23(39-24(34)15-9-7-6-8-10-15)21-27(4,22(33)20(32)19(14)26(29,2)3)17(31)11-18-28(21,13-38-18)40-25(35)37-5/h6-10,16-18,20-21,23,30-32,36H,11-13H2,1-5H3/t16?,17?,18?,20?,21?,23-,27?,28?,29?/m0/s1. The van der Waals surface area contributed by atoms with E-state index < -0.39 is 76.4 Å². The topological polar surface area (TPSA) is 169 Å². The number of methoxy groups -OCH3 is 1. The maximum absolute atomic E-state index is 14.3. The van der Waals surface area contributed by atoms with Gasteiger partial charge in [-0.2, -0.15) is 0 Å². The molecule has 5 rings (SSSR count). The number of ether oxygens (including phenoxy) is 4. The van der Waals surface area contributed by atoms with Crippen molar-refractivity contribution < 1.29 is 53.8 Å². The number of aliphatic hydroxyl groups is 4. The third-order valence-electron chi connectivity index (χ3n) is 10.1. The smallest absolute Gasteiger partial charge is 0.455 e. The van der Waals surface area contributed by atoms with Crippen LogP contribution in [0.3, 0.4) is 0 Å². The zero-order chi connectivity index (χ0) is 29.4. The molecule has 2 saturated carbocycles. The van der Waals surface area contributed by atoms with Crippen molar-refractivity contribution in [2.75, 3.05) is 13.7 Å². The molecule has 0 radical (unpaired) electrons. The number of hydrogen-bond acceptors (Lipinski definition) is 11. The van der Waals surface area contributed by atoms with Gasteiger partial charge in [0.2, 0.25) is 0 Å². The van der Waals surface area contributed by atoms with E-state index in [2.05, 4.69) is 0 Å².